The SMILES string of the molecule is CC(=O)OOC(=O)C(C)(O)c1ccc(CC(C)C)cc1. The van der Waals surface area contributed by atoms with Crippen LogP contribution in [0.15, 0.2) is 24.3 Å². The van der Waals surface area contributed by atoms with Crippen LogP contribution in [0.4, 0.5) is 0 Å². The minimum Gasteiger partial charge on any atom is -0.374 e. The lowest BCUT2D eigenvalue weighted by atomic mass is 9.93. The van der Waals surface area contributed by atoms with Gasteiger partial charge in [-0.2, -0.15) is 0 Å². The summed E-state index contributed by atoms with van der Waals surface area (Å²) in [6.07, 6.45) is 0.917. The Bertz CT molecular complexity index is 474. The molecule has 0 saturated carbocycles. The summed E-state index contributed by atoms with van der Waals surface area (Å²) in [5.41, 5.74) is -0.374. The van der Waals surface area contributed by atoms with E-state index in [4.69, 9.17) is 0 Å². The van der Waals surface area contributed by atoms with Crippen LogP contribution in [0.1, 0.15) is 38.8 Å². The van der Waals surface area contributed by atoms with Crippen LogP contribution in [0.5, 0.6) is 0 Å². The third kappa shape index (κ3) is 4.35. The predicted octanol–water partition coefficient (Wildman–Crippen LogP) is 2.11. The number of benzene rings is 1. The van der Waals surface area contributed by atoms with Crippen molar-refractivity contribution in [1.82, 2.24) is 0 Å². The van der Waals surface area contributed by atoms with Gasteiger partial charge in [0.25, 0.3) is 0 Å². The fourth-order valence-corrected chi connectivity index (χ4v) is 1.73. The zero-order valence-corrected chi connectivity index (χ0v) is 12.2. The highest BCUT2D eigenvalue weighted by Gasteiger charge is 2.36. The normalized spacial score (nSPS) is 13.7. The maximum atomic E-state index is 11.7. The van der Waals surface area contributed by atoms with Crippen LogP contribution in [0.2, 0.25) is 0 Å². The molecule has 0 radical (unpaired) electrons. The van der Waals surface area contributed by atoms with Gasteiger partial charge in [-0.25, -0.2) is 19.4 Å². The molecule has 0 aliphatic heterocycles. The Labute approximate surface area is 118 Å². The lowest BCUT2D eigenvalue weighted by molar-refractivity contribution is -0.269. The summed E-state index contributed by atoms with van der Waals surface area (Å²) in [6, 6.07) is 7.02. The van der Waals surface area contributed by atoms with Crippen molar-refractivity contribution in [3.8, 4) is 0 Å². The molecule has 1 rings (SSSR count). The summed E-state index contributed by atoms with van der Waals surface area (Å²) in [5, 5.41) is 10.2. The van der Waals surface area contributed by atoms with E-state index in [1.54, 1.807) is 12.1 Å². The van der Waals surface area contributed by atoms with Crippen LogP contribution in [-0.2, 0) is 31.4 Å². The third-order valence-electron chi connectivity index (χ3n) is 2.79. The predicted molar refractivity (Wildman–Crippen MR) is 72.4 cm³/mol. The van der Waals surface area contributed by atoms with E-state index in [9.17, 15) is 14.7 Å². The molecular weight excluding hydrogens is 260 g/mol. The molecule has 1 aromatic rings. The Morgan fingerprint density at radius 3 is 2.20 bits per heavy atom. The zero-order valence-electron chi connectivity index (χ0n) is 12.2. The highest BCUT2D eigenvalue weighted by atomic mass is 17.2. The van der Waals surface area contributed by atoms with Crippen LogP contribution in [0, 0.1) is 5.92 Å². The molecule has 0 aromatic heterocycles. The van der Waals surface area contributed by atoms with Crippen LogP contribution in [-0.4, -0.2) is 17.0 Å². The molecule has 5 heteroatoms. The molecule has 1 N–H and O–H groups in total. The number of hydrogen-bond donors (Lipinski definition) is 1. The third-order valence-corrected chi connectivity index (χ3v) is 2.79. The molecule has 20 heavy (non-hydrogen) atoms. The quantitative estimate of drug-likeness (QED) is 0.675. The van der Waals surface area contributed by atoms with Gasteiger partial charge in [0.2, 0.25) is 0 Å². The monoisotopic (exact) mass is 280 g/mol. The summed E-state index contributed by atoms with van der Waals surface area (Å²) in [6.45, 7) is 6.61. The number of carbonyl (C=O) groups excluding carboxylic acids is 2. The fourth-order valence-electron chi connectivity index (χ4n) is 1.73. The van der Waals surface area contributed by atoms with Gasteiger partial charge in [-0.05, 0) is 30.4 Å². The lowest BCUT2D eigenvalue weighted by Crippen LogP contribution is -2.34. The van der Waals surface area contributed by atoms with Gasteiger partial charge in [0.05, 0.1) is 0 Å². The van der Waals surface area contributed by atoms with Gasteiger partial charge >= 0.3 is 11.9 Å². The van der Waals surface area contributed by atoms with E-state index < -0.39 is 17.5 Å². The van der Waals surface area contributed by atoms with Gasteiger partial charge in [0, 0.05) is 6.92 Å². The molecule has 0 bridgehead atoms. The zero-order chi connectivity index (χ0) is 15.3. The lowest BCUT2D eigenvalue weighted by Gasteiger charge is -2.20. The van der Waals surface area contributed by atoms with E-state index in [-0.39, 0.29) is 0 Å². The van der Waals surface area contributed by atoms with E-state index in [0.717, 1.165) is 18.9 Å². The van der Waals surface area contributed by atoms with E-state index in [2.05, 4.69) is 23.6 Å². The van der Waals surface area contributed by atoms with Crippen molar-refractivity contribution in [2.45, 2.75) is 39.7 Å². The second-order valence-electron chi connectivity index (χ2n) is 5.31. The van der Waals surface area contributed by atoms with Gasteiger partial charge in [-0.15, -0.1) is 0 Å². The van der Waals surface area contributed by atoms with Crippen LogP contribution in [0.3, 0.4) is 0 Å². The summed E-state index contributed by atoms with van der Waals surface area (Å²) in [5.74, 6) is -1.28. The average molecular weight is 280 g/mol. The highest BCUT2D eigenvalue weighted by molar-refractivity contribution is 5.80. The Hall–Kier alpha value is -1.88. The van der Waals surface area contributed by atoms with Crippen molar-refractivity contribution in [1.29, 1.82) is 0 Å². The summed E-state index contributed by atoms with van der Waals surface area (Å²) < 4.78 is 0. The fraction of sp³-hybridized carbons (Fsp3) is 0.467. The first-order valence-electron chi connectivity index (χ1n) is 6.44. The second-order valence-corrected chi connectivity index (χ2v) is 5.31. The molecule has 5 nitrogen and oxygen atoms in total. The summed E-state index contributed by atoms with van der Waals surface area (Å²) >= 11 is 0. The van der Waals surface area contributed by atoms with Gasteiger partial charge in [-0.1, -0.05) is 38.1 Å². The molecule has 1 aromatic carbocycles. The molecule has 0 amide bonds. The topological polar surface area (TPSA) is 72.8 Å². The van der Waals surface area contributed by atoms with Gasteiger partial charge in [0.15, 0.2) is 5.60 Å². The maximum Gasteiger partial charge on any atom is 0.390 e. The Morgan fingerprint density at radius 1 is 1.20 bits per heavy atom. The Kier molecular flexibility index (Phi) is 5.27. The number of hydrogen-bond acceptors (Lipinski definition) is 5. The molecule has 0 heterocycles. The first kappa shape index (κ1) is 16.2. The largest absolute Gasteiger partial charge is 0.390 e. The minimum absolute atomic E-state index is 0.377. The molecule has 0 fully saturated rings. The van der Waals surface area contributed by atoms with Crippen molar-refractivity contribution in [3.63, 3.8) is 0 Å². The van der Waals surface area contributed by atoms with E-state index in [1.165, 1.54) is 6.92 Å². The molecule has 0 aliphatic rings. The molecule has 110 valence electrons. The highest BCUT2D eigenvalue weighted by Crippen LogP contribution is 2.23. The van der Waals surface area contributed by atoms with Gasteiger partial charge < -0.3 is 5.11 Å². The van der Waals surface area contributed by atoms with Crippen molar-refractivity contribution in [2.75, 3.05) is 0 Å². The Morgan fingerprint density at radius 2 is 1.75 bits per heavy atom. The average Bonchev–Trinajstić information content (AvgIpc) is 2.35. The second kappa shape index (κ2) is 6.52. The Balaban J connectivity index is 2.81. The molecule has 0 aliphatic carbocycles. The minimum atomic E-state index is -1.87. The number of rotatable bonds is 4. The number of aliphatic hydroxyl groups is 1. The van der Waals surface area contributed by atoms with Crippen molar-refractivity contribution in [3.05, 3.63) is 35.4 Å². The van der Waals surface area contributed by atoms with Crippen LogP contribution >= 0.6 is 0 Å². The molecule has 1 unspecified atom stereocenters. The standard InChI is InChI=1S/C15H20O5/c1-10(2)9-12-5-7-13(8-6-12)15(4,18)14(17)20-19-11(3)16/h5-8,10,18H,9H2,1-4H3. The smallest absolute Gasteiger partial charge is 0.374 e. The van der Waals surface area contributed by atoms with Crippen LogP contribution < -0.4 is 0 Å². The molecule has 1 atom stereocenters. The van der Waals surface area contributed by atoms with Crippen molar-refractivity contribution < 1.29 is 24.5 Å². The van der Waals surface area contributed by atoms with Gasteiger partial charge in [0.1, 0.15) is 0 Å². The summed E-state index contributed by atoms with van der Waals surface area (Å²) in [4.78, 5) is 30.7. The van der Waals surface area contributed by atoms with E-state index in [1.807, 2.05) is 12.1 Å². The van der Waals surface area contributed by atoms with Gasteiger partial charge in [-0.3, -0.25) is 0 Å². The molecule has 0 spiro atoms. The number of carbonyl (C=O) groups is 2. The molecular formula is C15H20O5. The van der Waals surface area contributed by atoms with Crippen LogP contribution in [0.25, 0.3) is 0 Å². The van der Waals surface area contributed by atoms with E-state index in [0.29, 0.717) is 11.5 Å². The maximum absolute atomic E-state index is 11.7. The van der Waals surface area contributed by atoms with Crippen molar-refractivity contribution in [2.24, 2.45) is 5.92 Å². The first-order valence-corrected chi connectivity index (χ1v) is 6.44. The first-order chi connectivity index (χ1) is 9.23. The van der Waals surface area contributed by atoms with E-state index >= 15 is 0 Å². The van der Waals surface area contributed by atoms with Crippen molar-refractivity contribution >= 4 is 11.9 Å². The molecule has 0 saturated heterocycles. The summed E-state index contributed by atoms with van der Waals surface area (Å²) in [7, 11) is 0.